The molecule has 4 N–H and O–H groups in total. The van der Waals surface area contributed by atoms with Gasteiger partial charge < -0.3 is 20.4 Å². The molecule has 0 radical (unpaired) electrons. The molecule has 0 rings (SSSR count). The first-order valence-corrected chi connectivity index (χ1v) is 3.21. The normalized spacial score (nSPS) is 19.6. The van der Waals surface area contributed by atoms with E-state index < -0.39 is 24.9 Å². The molecule has 0 aliphatic heterocycles. The molecule has 0 amide bonds. The Morgan fingerprint density at radius 1 is 1.30 bits per heavy atom. The van der Waals surface area contributed by atoms with Gasteiger partial charge in [-0.15, -0.1) is 0 Å². The average Bonchev–Trinajstić information content (AvgIpc) is 2.00. The number of hydrogen-bond donors (Lipinski definition) is 4. The number of hydrogen-bond acceptors (Lipinski definition) is 5. The van der Waals surface area contributed by atoms with E-state index in [-0.39, 0.29) is 0 Å². The summed E-state index contributed by atoms with van der Waals surface area (Å²) in [6.07, 6.45) is -4.01. The average molecular weight is 166 g/mol. The van der Waals surface area contributed by atoms with Crippen LogP contribution < -0.4 is 0 Å². The van der Waals surface area contributed by atoms with Crippen molar-refractivity contribution < 1.29 is 20.4 Å². The summed E-state index contributed by atoms with van der Waals surface area (Å²) in [6, 6.07) is 0. The number of aliphatic hydroxyl groups is 4. The van der Waals surface area contributed by atoms with Gasteiger partial charge in [-0.2, -0.15) is 0 Å². The van der Waals surface area contributed by atoms with Crippen LogP contribution in [0.2, 0.25) is 0 Å². The Morgan fingerprint density at radius 2 is 1.80 bits per heavy atom. The Balaban J connectivity index is 3.80. The predicted octanol–water partition coefficient (Wildman–Crippen LogP) is -1.94. The minimum Gasteiger partial charge on any atom is -0.394 e. The summed E-state index contributed by atoms with van der Waals surface area (Å²) >= 11 is 4.29. The highest BCUT2D eigenvalue weighted by molar-refractivity contribution is 7.79. The molecule has 0 saturated heterocycles. The lowest BCUT2D eigenvalue weighted by molar-refractivity contribution is -0.0536. The van der Waals surface area contributed by atoms with Gasteiger partial charge in [-0.25, -0.2) is 0 Å². The monoisotopic (exact) mass is 166 g/mol. The van der Waals surface area contributed by atoms with Crippen LogP contribution in [0.4, 0.5) is 0 Å². The summed E-state index contributed by atoms with van der Waals surface area (Å²) in [5.41, 5.74) is 0. The number of thiocarbonyl (C=S) groups is 1. The van der Waals surface area contributed by atoms with Crippen LogP contribution in [0, 0.1) is 0 Å². The molecular formula is C5H10O4S. The molecule has 0 aromatic rings. The van der Waals surface area contributed by atoms with Crippen molar-refractivity contribution in [3.8, 4) is 0 Å². The van der Waals surface area contributed by atoms with Gasteiger partial charge in [0.25, 0.3) is 0 Å². The molecule has 0 fully saturated rings. The lowest BCUT2D eigenvalue weighted by atomic mass is 10.1. The largest absolute Gasteiger partial charge is 0.394 e. The molecule has 5 heteroatoms. The first-order chi connectivity index (χ1) is 4.63. The summed E-state index contributed by atoms with van der Waals surface area (Å²) < 4.78 is 0. The van der Waals surface area contributed by atoms with Crippen LogP contribution in [-0.4, -0.2) is 50.7 Å². The van der Waals surface area contributed by atoms with Gasteiger partial charge in [-0.05, 0) is 0 Å². The molecule has 0 bridgehead atoms. The van der Waals surface area contributed by atoms with Gasteiger partial charge in [-0.3, -0.25) is 0 Å². The van der Waals surface area contributed by atoms with Gasteiger partial charge in [-0.1, -0.05) is 12.2 Å². The molecular weight excluding hydrogens is 156 g/mol. The number of rotatable bonds is 4. The molecule has 0 heterocycles. The van der Waals surface area contributed by atoms with Crippen LogP contribution in [0.25, 0.3) is 0 Å². The van der Waals surface area contributed by atoms with E-state index in [1.165, 1.54) is 0 Å². The van der Waals surface area contributed by atoms with Gasteiger partial charge in [0, 0.05) is 5.37 Å². The summed E-state index contributed by atoms with van der Waals surface area (Å²) in [5.74, 6) is 0. The Morgan fingerprint density at radius 3 is 2.10 bits per heavy atom. The molecule has 0 aliphatic carbocycles. The Hall–Kier alpha value is -0.0700. The fourth-order valence-electron chi connectivity index (χ4n) is 0.416. The Kier molecular flexibility index (Phi) is 4.67. The minimum absolute atomic E-state index is 0.596. The third-order valence-corrected chi connectivity index (χ3v) is 1.35. The lowest BCUT2D eigenvalue weighted by Crippen LogP contribution is -2.39. The smallest absolute Gasteiger partial charge is 0.112 e. The molecule has 0 aliphatic rings. The molecule has 0 aromatic heterocycles. The first-order valence-electron chi connectivity index (χ1n) is 2.73. The van der Waals surface area contributed by atoms with E-state index >= 15 is 0 Å². The van der Waals surface area contributed by atoms with Crippen LogP contribution in [0.15, 0.2) is 0 Å². The topological polar surface area (TPSA) is 80.9 Å². The second-order valence-corrected chi connectivity index (χ2v) is 2.14. The van der Waals surface area contributed by atoms with Crippen LogP contribution in [0.3, 0.4) is 0 Å². The molecule has 4 nitrogen and oxygen atoms in total. The SMILES string of the molecule is OC[C@H](O)[C@@H](O)[C@H](O)C=S. The van der Waals surface area contributed by atoms with Crippen LogP contribution in [0.1, 0.15) is 0 Å². The Labute approximate surface area is 63.7 Å². The zero-order chi connectivity index (χ0) is 8.15. The highest BCUT2D eigenvalue weighted by atomic mass is 32.1. The van der Waals surface area contributed by atoms with E-state index in [1.54, 1.807) is 0 Å². The standard InChI is InChI=1S/C5H10O4S/c6-1-3(7)5(9)4(8)2-10/h2-9H,1H2/t3-,4+,5+/m0/s1. The van der Waals surface area contributed by atoms with Crippen LogP contribution in [-0.2, 0) is 0 Å². The molecule has 60 valence electrons. The summed E-state index contributed by atoms with van der Waals surface area (Å²) in [5, 5.41) is 35.5. The van der Waals surface area contributed by atoms with Crippen molar-refractivity contribution >= 4 is 17.6 Å². The summed E-state index contributed by atoms with van der Waals surface area (Å²) in [4.78, 5) is 0. The quantitative estimate of drug-likeness (QED) is 0.365. The van der Waals surface area contributed by atoms with Crippen molar-refractivity contribution in [2.75, 3.05) is 6.61 Å². The zero-order valence-corrected chi connectivity index (χ0v) is 6.03. The zero-order valence-electron chi connectivity index (χ0n) is 5.21. The maximum Gasteiger partial charge on any atom is 0.112 e. The molecule has 0 aromatic carbocycles. The highest BCUT2D eigenvalue weighted by Gasteiger charge is 2.21. The fraction of sp³-hybridized carbons (Fsp3) is 0.800. The predicted molar refractivity (Wildman–Crippen MR) is 38.8 cm³/mol. The van der Waals surface area contributed by atoms with E-state index in [2.05, 4.69) is 12.2 Å². The first kappa shape index (κ1) is 9.93. The fourth-order valence-corrected chi connectivity index (χ4v) is 0.577. The van der Waals surface area contributed by atoms with Crippen molar-refractivity contribution in [2.45, 2.75) is 18.3 Å². The van der Waals surface area contributed by atoms with Gasteiger partial charge >= 0.3 is 0 Å². The van der Waals surface area contributed by atoms with Crippen molar-refractivity contribution in [1.82, 2.24) is 0 Å². The van der Waals surface area contributed by atoms with Gasteiger partial charge in [0.2, 0.25) is 0 Å². The van der Waals surface area contributed by atoms with Crippen molar-refractivity contribution in [1.29, 1.82) is 0 Å². The number of aliphatic hydroxyl groups excluding tert-OH is 4. The van der Waals surface area contributed by atoms with E-state index in [0.717, 1.165) is 5.37 Å². The van der Waals surface area contributed by atoms with Crippen molar-refractivity contribution in [2.24, 2.45) is 0 Å². The van der Waals surface area contributed by atoms with Crippen molar-refractivity contribution in [3.05, 3.63) is 0 Å². The lowest BCUT2D eigenvalue weighted by Gasteiger charge is -2.17. The minimum atomic E-state index is -1.40. The summed E-state index contributed by atoms with van der Waals surface area (Å²) in [7, 11) is 0. The van der Waals surface area contributed by atoms with Crippen LogP contribution >= 0.6 is 12.2 Å². The summed E-state index contributed by atoms with van der Waals surface area (Å²) in [6.45, 7) is -0.596. The molecule has 3 atom stereocenters. The van der Waals surface area contributed by atoms with E-state index in [4.69, 9.17) is 20.4 Å². The van der Waals surface area contributed by atoms with E-state index in [9.17, 15) is 0 Å². The van der Waals surface area contributed by atoms with E-state index in [1.807, 2.05) is 0 Å². The third-order valence-electron chi connectivity index (χ3n) is 1.07. The van der Waals surface area contributed by atoms with Crippen molar-refractivity contribution in [3.63, 3.8) is 0 Å². The molecule has 10 heavy (non-hydrogen) atoms. The van der Waals surface area contributed by atoms with E-state index in [0.29, 0.717) is 0 Å². The maximum atomic E-state index is 8.83. The molecule has 0 saturated carbocycles. The third kappa shape index (κ3) is 2.68. The highest BCUT2D eigenvalue weighted by Crippen LogP contribution is 1.97. The molecule has 0 unspecified atom stereocenters. The second-order valence-electron chi connectivity index (χ2n) is 1.87. The molecule has 0 spiro atoms. The van der Waals surface area contributed by atoms with Gasteiger partial charge in [0.15, 0.2) is 0 Å². The van der Waals surface area contributed by atoms with Gasteiger partial charge in [0.1, 0.15) is 18.3 Å². The van der Waals surface area contributed by atoms with Gasteiger partial charge in [0.05, 0.1) is 6.61 Å². The van der Waals surface area contributed by atoms with Crippen LogP contribution in [0.5, 0.6) is 0 Å². The maximum absolute atomic E-state index is 8.83. The Bertz CT molecular complexity index is 108. The second kappa shape index (κ2) is 4.70.